The van der Waals surface area contributed by atoms with Gasteiger partial charge in [-0.3, -0.25) is 0 Å². The fourth-order valence-electron chi connectivity index (χ4n) is 2.01. The van der Waals surface area contributed by atoms with Crippen LogP contribution in [0.1, 0.15) is 44.7 Å². The van der Waals surface area contributed by atoms with Crippen molar-refractivity contribution in [2.24, 2.45) is 11.8 Å². The van der Waals surface area contributed by atoms with Crippen LogP contribution < -0.4 is 0 Å². The molecule has 0 saturated heterocycles. The average Bonchev–Trinajstić information content (AvgIpc) is 2.29. The Hall–Kier alpha value is -0.960. The van der Waals surface area contributed by atoms with Crippen LogP contribution in [0.15, 0.2) is 24.3 Å². The van der Waals surface area contributed by atoms with Crippen LogP contribution in [-0.4, -0.2) is 11.7 Å². The van der Waals surface area contributed by atoms with Gasteiger partial charge in [-0.25, -0.2) is 8.78 Å². The van der Waals surface area contributed by atoms with Crippen LogP contribution in [0, 0.1) is 11.8 Å². The zero-order chi connectivity index (χ0) is 13.9. The van der Waals surface area contributed by atoms with Crippen molar-refractivity contribution in [2.45, 2.75) is 39.5 Å². The summed E-state index contributed by atoms with van der Waals surface area (Å²) in [5.41, 5.74) is 0.819. The molecule has 1 aromatic carbocycles. The molecule has 0 aliphatic rings. The Morgan fingerprint density at radius 2 is 1.78 bits per heavy atom. The number of benzene rings is 1. The molecule has 0 radical (unpaired) electrons. The summed E-state index contributed by atoms with van der Waals surface area (Å²) in [6.45, 7) is 6.97. The van der Waals surface area contributed by atoms with Gasteiger partial charge in [0, 0.05) is 17.4 Å². The largest absolute Gasteiger partial charge is 0.396 e. The van der Waals surface area contributed by atoms with Crippen molar-refractivity contribution in [1.29, 1.82) is 0 Å². The Morgan fingerprint density at radius 3 is 2.22 bits per heavy atom. The molecular weight excluding hydrogens is 234 g/mol. The lowest BCUT2D eigenvalue weighted by Gasteiger charge is -2.24. The van der Waals surface area contributed by atoms with Crippen LogP contribution in [0.25, 0.3) is 0 Å². The van der Waals surface area contributed by atoms with Gasteiger partial charge >= 0.3 is 0 Å². The minimum Gasteiger partial charge on any atom is -0.396 e. The fourth-order valence-corrected chi connectivity index (χ4v) is 2.01. The van der Waals surface area contributed by atoms with Crippen molar-refractivity contribution < 1.29 is 13.9 Å². The van der Waals surface area contributed by atoms with Gasteiger partial charge in [-0.05, 0) is 17.5 Å². The molecule has 3 heteroatoms. The second-order valence-electron chi connectivity index (χ2n) is 5.44. The van der Waals surface area contributed by atoms with E-state index in [0.717, 1.165) is 5.56 Å². The van der Waals surface area contributed by atoms with E-state index in [1.807, 2.05) is 13.8 Å². The summed E-state index contributed by atoms with van der Waals surface area (Å²) in [6, 6.07) is 6.44. The number of halogens is 2. The molecule has 1 atom stereocenters. The summed E-state index contributed by atoms with van der Waals surface area (Å²) in [5.74, 6) is -3.43. The maximum Gasteiger partial charge on any atom is 0.275 e. The fraction of sp³-hybridized carbons (Fsp3) is 0.600. The molecule has 0 heterocycles. The highest BCUT2D eigenvalue weighted by Gasteiger charge is 2.35. The smallest absolute Gasteiger partial charge is 0.275 e. The highest BCUT2D eigenvalue weighted by molar-refractivity contribution is 5.30. The van der Waals surface area contributed by atoms with Gasteiger partial charge in [-0.2, -0.15) is 0 Å². The lowest BCUT2D eigenvalue weighted by atomic mass is 9.86. The van der Waals surface area contributed by atoms with Crippen molar-refractivity contribution in [1.82, 2.24) is 0 Å². The molecule has 1 N–H and O–H groups in total. The molecule has 0 bridgehead atoms. The summed E-state index contributed by atoms with van der Waals surface area (Å²) in [4.78, 5) is 0. The van der Waals surface area contributed by atoms with E-state index in [1.54, 1.807) is 12.1 Å². The van der Waals surface area contributed by atoms with Crippen molar-refractivity contribution in [3.05, 3.63) is 35.4 Å². The van der Waals surface area contributed by atoms with E-state index in [4.69, 9.17) is 0 Å². The predicted octanol–water partition coefficient (Wildman–Crippen LogP) is 4.17. The molecule has 1 unspecified atom stereocenters. The molecule has 1 aromatic rings. The Bertz CT molecular complexity index is 386. The Labute approximate surface area is 108 Å². The van der Waals surface area contributed by atoms with Gasteiger partial charge in [0.05, 0.1) is 6.61 Å². The molecule has 0 saturated carbocycles. The van der Waals surface area contributed by atoms with Gasteiger partial charge in [0.25, 0.3) is 5.92 Å². The molecule has 0 aromatic heterocycles. The van der Waals surface area contributed by atoms with Gasteiger partial charge < -0.3 is 5.11 Å². The van der Waals surface area contributed by atoms with E-state index in [1.165, 1.54) is 26.0 Å². The molecule has 0 aliphatic carbocycles. The first kappa shape index (κ1) is 15.1. The number of alkyl halides is 2. The first-order chi connectivity index (χ1) is 8.30. The van der Waals surface area contributed by atoms with Crippen LogP contribution >= 0.6 is 0 Å². The third-order valence-corrected chi connectivity index (χ3v) is 3.43. The van der Waals surface area contributed by atoms with Gasteiger partial charge in [0.1, 0.15) is 0 Å². The minimum atomic E-state index is -2.83. The van der Waals surface area contributed by atoms with Gasteiger partial charge in [0.15, 0.2) is 0 Å². The highest BCUT2D eigenvalue weighted by atomic mass is 19.3. The molecule has 102 valence electrons. The molecule has 1 rings (SSSR count). The van der Waals surface area contributed by atoms with E-state index in [-0.39, 0.29) is 24.0 Å². The molecule has 1 nitrogen and oxygen atoms in total. The van der Waals surface area contributed by atoms with Crippen LogP contribution in [0.2, 0.25) is 0 Å². The maximum absolute atomic E-state index is 14.0. The molecular formula is C15H22F2O. The quantitative estimate of drug-likeness (QED) is 0.838. The lowest BCUT2D eigenvalue weighted by molar-refractivity contribution is -0.0514. The van der Waals surface area contributed by atoms with Crippen molar-refractivity contribution >= 4 is 0 Å². The summed E-state index contributed by atoms with van der Waals surface area (Å²) < 4.78 is 27.9. The Balaban J connectivity index is 3.13. The number of hydrogen-bond acceptors (Lipinski definition) is 1. The zero-order valence-corrected chi connectivity index (χ0v) is 11.5. The number of aliphatic hydroxyl groups is 1. The van der Waals surface area contributed by atoms with Gasteiger partial charge in [-0.1, -0.05) is 45.9 Å². The lowest BCUT2D eigenvalue weighted by Crippen LogP contribution is -2.21. The summed E-state index contributed by atoms with van der Waals surface area (Å²) in [6.07, 6.45) is 0. The van der Waals surface area contributed by atoms with Crippen molar-refractivity contribution in [3.63, 3.8) is 0 Å². The number of rotatable bonds is 5. The first-order valence-corrected chi connectivity index (χ1v) is 6.39. The summed E-state index contributed by atoms with van der Waals surface area (Å²) in [7, 11) is 0. The average molecular weight is 256 g/mol. The van der Waals surface area contributed by atoms with E-state index in [0.29, 0.717) is 0 Å². The van der Waals surface area contributed by atoms with Crippen molar-refractivity contribution in [3.8, 4) is 0 Å². The van der Waals surface area contributed by atoms with Crippen LogP contribution in [0.4, 0.5) is 8.78 Å². The topological polar surface area (TPSA) is 20.2 Å². The summed E-state index contributed by atoms with van der Waals surface area (Å²) >= 11 is 0. The third kappa shape index (κ3) is 3.08. The molecule has 0 aliphatic heterocycles. The molecule has 0 spiro atoms. The standard InChI is InChI=1S/C15H22F2O/c1-10(2)14(9-18)12-6-5-7-13(8-12)15(16,17)11(3)4/h5-8,10-11,14,18H,9H2,1-4H3. The molecule has 18 heavy (non-hydrogen) atoms. The number of hydrogen-bond donors (Lipinski definition) is 1. The Kier molecular flexibility index (Phi) is 4.85. The first-order valence-electron chi connectivity index (χ1n) is 6.39. The van der Waals surface area contributed by atoms with Gasteiger partial charge in [-0.15, -0.1) is 0 Å². The molecule has 0 fully saturated rings. The Morgan fingerprint density at radius 1 is 1.17 bits per heavy atom. The normalized spacial score (nSPS) is 14.3. The van der Waals surface area contributed by atoms with Crippen molar-refractivity contribution in [2.75, 3.05) is 6.61 Å². The second kappa shape index (κ2) is 5.79. The monoisotopic (exact) mass is 256 g/mol. The van der Waals surface area contributed by atoms with Crippen LogP contribution in [0.5, 0.6) is 0 Å². The molecule has 0 amide bonds. The minimum absolute atomic E-state index is 0.0195. The van der Waals surface area contributed by atoms with E-state index in [9.17, 15) is 13.9 Å². The summed E-state index contributed by atoms with van der Waals surface area (Å²) in [5, 5.41) is 9.37. The van der Waals surface area contributed by atoms with Gasteiger partial charge in [0.2, 0.25) is 0 Å². The van der Waals surface area contributed by atoms with Crippen LogP contribution in [-0.2, 0) is 5.92 Å². The third-order valence-electron chi connectivity index (χ3n) is 3.43. The number of aliphatic hydroxyl groups excluding tert-OH is 1. The second-order valence-corrected chi connectivity index (χ2v) is 5.44. The van der Waals surface area contributed by atoms with E-state index >= 15 is 0 Å². The van der Waals surface area contributed by atoms with E-state index in [2.05, 4.69) is 0 Å². The van der Waals surface area contributed by atoms with Crippen LogP contribution in [0.3, 0.4) is 0 Å². The predicted molar refractivity (Wildman–Crippen MR) is 69.8 cm³/mol. The SMILES string of the molecule is CC(C)C(CO)c1cccc(C(F)(F)C(C)C)c1. The maximum atomic E-state index is 14.0. The zero-order valence-electron chi connectivity index (χ0n) is 11.5. The van der Waals surface area contributed by atoms with E-state index < -0.39 is 11.8 Å². The highest BCUT2D eigenvalue weighted by Crippen LogP contribution is 2.37.